The number of carbonyl (C=O) groups excluding carboxylic acids is 1. The second-order valence-corrected chi connectivity index (χ2v) is 5.35. The molecular formula is C15H19FN2O2. The molecule has 2 saturated heterocycles. The van der Waals surface area contributed by atoms with Gasteiger partial charge in [-0.3, -0.25) is 4.79 Å². The SMILES string of the molecule is O=C([C@H]1CCNC1)N1CCO[C@H](c2ccccc2F)C1. The van der Waals surface area contributed by atoms with Gasteiger partial charge in [-0.15, -0.1) is 0 Å². The van der Waals surface area contributed by atoms with E-state index in [1.807, 2.05) is 4.90 Å². The zero-order valence-corrected chi connectivity index (χ0v) is 11.3. The highest BCUT2D eigenvalue weighted by Gasteiger charge is 2.32. The molecule has 2 fully saturated rings. The first-order valence-corrected chi connectivity index (χ1v) is 7.11. The van der Waals surface area contributed by atoms with Crippen LogP contribution in [0, 0.1) is 11.7 Å². The Morgan fingerprint density at radius 1 is 1.40 bits per heavy atom. The van der Waals surface area contributed by atoms with Crippen LogP contribution in [0.5, 0.6) is 0 Å². The van der Waals surface area contributed by atoms with Gasteiger partial charge in [-0.05, 0) is 19.0 Å². The van der Waals surface area contributed by atoms with Crippen molar-refractivity contribution >= 4 is 5.91 Å². The van der Waals surface area contributed by atoms with Crippen molar-refractivity contribution in [3.8, 4) is 0 Å². The number of ether oxygens (including phenoxy) is 1. The average molecular weight is 278 g/mol. The molecule has 5 heteroatoms. The molecule has 0 aliphatic carbocycles. The summed E-state index contributed by atoms with van der Waals surface area (Å²) in [5.74, 6) is -0.0386. The van der Waals surface area contributed by atoms with Crippen LogP contribution in [-0.4, -0.2) is 43.6 Å². The summed E-state index contributed by atoms with van der Waals surface area (Å²) in [5.41, 5.74) is 0.537. The summed E-state index contributed by atoms with van der Waals surface area (Å²) in [7, 11) is 0. The minimum Gasteiger partial charge on any atom is -0.370 e. The third-order valence-corrected chi connectivity index (χ3v) is 4.04. The van der Waals surface area contributed by atoms with Gasteiger partial charge in [0.2, 0.25) is 5.91 Å². The van der Waals surface area contributed by atoms with Crippen molar-refractivity contribution < 1.29 is 13.9 Å². The molecular weight excluding hydrogens is 259 g/mol. The van der Waals surface area contributed by atoms with Crippen molar-refractivity contribution in [2.45, 2.75) is 12.5 Å². The summed E-state index contributed by atoms with van der Waals surface area (Å²) in [6, 6.07) is 6.61. The van der Waals surface area contributed by atoms with E-state index in [-0.39, 0.29) is 23.7 Å². The van der Waals surface area contributed by atoms with Gasteiger partial charge in [0, 0.05) is 18.7 Å². The first kappa shape index (κ1) is 13.5. The van der Waals surface area contributed by atoms with Crippen molar-refractivity contribution in [2.75, 3.05) is 32.8 Å². The van der Waals surface area contributed by atoms with E-state index in [0.29, 0.717) is 25.3 Å². The summed E-state index contributed by atoms with van der Waals surface area (Å²) in [4.78, 5) is 14.2. The Morgan fingerprint density at radius 3 is 3.00 bits per heavy atom. The molecule has 2 aliphatic rings. The quantitative estimate of drug-likeness (QED) is 0.887. The Labute approximate surface area is 117 Å². The van der Waals surface area contributed by atoms with E-state index in [2.05, 4.69) is 5.32 Å². The van der Waals surface area contributed by atoms with E-state index in [4.69, 9.17) is 4.74 Å². The fraction of sp³-hybridized carbons (Fsp3) is 0.533. The minimum absolute atomic E-state index is 0.0642. The van der Waals surface area contributed by atoms with Crippen LogP contribution in [0.4, 0.5) is 4.39 Å². The second-order valence-electron chi connectivity index (χ2n) is 5.35. The third kappa shape index (κ3) is 2.69. The molecule has 2 atom stereocenters. The van der Waals surface area contributed by atoms with E-state index in [0.717, 1.165) is 19.5 Å². The summed E-state index contributed by atoms with van der Waals surface area (Å²) in [6.45, 7) is 3.15. The molecule has 0 aromatic heterocycles. The van der Waals surface area contributed by atoms with Gasteiger partial charge < -0.3 is 15.0 Å². The predicted molar refractivity (Wildman–Crippen MR) is 72.6 cm³/mol. The van der Waals surface area contributed by atoms with Crippen LogP contribution < -0.4 is 5.32 Å². The number of benzene rings is 1. The molecule has 0 radical (unpaired) electrons. The molecule has 1 aromatic carbocycles. The lowest BCUT2D eigenvalue weighted by Crippen LogP contribution is -2.45. The van der Waals surface area contributed by atoms with Crippen LogP contribution in [0.1, 0.15) is 18.1 Å². The molecule has 1 aromatic rings. The van der Waals surface area contributed by atoms with Gasteiger partial charge in [0.15, 0.2) is 0 Å². The third-order valence-electron chi connectivity index (χ3n) is 4.04. The van der Waals surface area contributed by atoms with Gasteiger partial charge in [-0.25, -0.2) is 4.39 Å². The molecule has 108 valence electrons. The van der Waals surface area contributed by atoms with E-state index < -0.39 is 0 Å². The summed E-state index contributed by atoms with van der Waals surface area (Å²) in [5, 5.41) is 3.21. The number of hydrogen-bond acceptors (Lipinski definition) is 3. The highest BCUT2D eigenvalue weighted by Crippen LogP contribution is 2.25. The van der Waals surface area contributed by atoms with E-state index in [1.165, 1.54) is 6.07 Å². The Bertz CT molecular complexity index is 489. The first-order chi connectivity index (χ1) is 9.75. The molecule has 1 amide bonds. The maximum atomic E-state index is 13.8. The lowest BCUT2D eigenvalue weighted by molar-refractivity contribution is -0.142. The topological polar surface area (TPSA) is 41.6 Å². The van der Waals surface area contributed by atoms with Gasteiger partial charge in [0.05, 0.1) is 19.1 Å². The Morgan fingerprint density at radius 2 is 2.25 bits per heavy atom. The fourth-order valence-electron chi connectivity index (χ4n) is 2.90. The molecule has 2 heterocycles. The smallest absolute Gasteiger partial charge is 0.227 e. The molecule has 0 spiro atoms. The van der Waals surface area contributed by atoms with Crippen molar-refractivity contribution in [1.29, 1.82) is 0 Å². The molecule has 20 heavy (non-hydrogen) atoms. The van der Waals surface area contributed by atoms with Crippen molar-refractivity contribution in [3.63, 3.8) is 0 Å². The van der Waals surface area contributed by atoms with Crippen LogP contribution in [0.25, 0.3) is 0 Å². The van der Waals surface area contributed by atoms with Gasteiger partial charge in [-0.2, -0.15) is 0 Å². The molecule has 4 nitrogen and oxygen atoms in total. The lowest BCUT2D eigenvalue weighted by Gasteiger charge is -2.34. The summed E-state index contributed by atoms with van der Waals surface area (Å²) >= 11 is 0. The standard InChI is InChI=1S/C15H19FN2O2/c16-13-4-2-1-3-12(13)14-10-18(7-8-20-14)15(19)11-5-6-17-9-11/h1-4,11,14,17H,5-10H2/t11-,14-/m0/s1. The fourth-order valence-corrected chi connectivity index (χ4v) is 2.90. The summed E-state index contributed by atoms with van der Waals surface area (Å²) < 4.78 is 19.4. The number of halogens is 1. The van der Waals surface area contributed by atoms with Gasteiger partial charge in [-0.1, -0.05) is 18.2 Å². The lowest BCUT2D eigenvalue weighted by atomic mass is 10.0. The van der Waals surface area contributed by atoms with Gasteiger partial charge in [0.1, 0.15) is 11.9 Å². The average Bonchev–Trinajstić information content (AvgIpc) is 3.01. The number of nitrogens with zero attached hydrogens (tertiary/aromatic N) is 1. The van der Waals surface area contributed by atoms with Gasteiger partial charge in [0.25, 0.3) is 0 Å². The van der Waals surface area contributed by atoms with Crippen molar-refractivity contribution in [1.82, 2.24) is 10.2 Å². The molecule has 0 unspecified atom stereocenters. The van der Waals surface area contributed by atoms with Crippen LogP contribution in [0.15, 0.2) is 24.3 Å². The monoisotopic (exact) mass is 278 g/mol. The number of amides is 1. The minimum atomic E-state index is -0.358. The predicted octanol–water partition coefficient (Wildman–Crippen LogP) is 1.34. The zero-order valence-electron chi connectivity index (χ0n) is 11.3. The number of nitrogens with one attached hydrogen (secondary N) is 1. The number of hydrogen-bond donors (Lipinski definition) is 1. The molecule has 0 bridgehead atoms. The van der Waals surface area contributed by atoms with Gasteiger partial charge >= 0.3 is 0 Å². The van der Waals surface area contributed by atoms with Crippen LogP contribution >= 0.6 is 0 Å². The molecule has 0 saturated carbocycles. The summed E-state index contributed by atoms with van der Waals surface area (Å²) in [6.07, 6.45) is 0.531. The Hall–Kier alpha value is -1.46. The molecule has 3 rings (SSSR count). The molecule has 1 N–H and O–H groups in total. The Balaban J connectivity index is 1.70. The van der Waals surface area contributed by atoms with E-state index in [9.17, 15) is 9.18 Å². The zero-order chi connectivity index (χ0) is 13.9. The van der Waals surface area contributed by atoms with Crippen molar-refractivity contribution in [2.24, 2.45) is 5.92 Å². The highest BCUT2D eigenvalue weighted by molar-refractivity contribution is 5.79. The number of rotatable bonds is 2. The first-order valence-electron chi connectivity index (χ1n) is 7.11. The second kappa shape index (κ2) is 5.89. The van der Waals surface area contributed by atoms with E-state index >= 15 is 0 Å². The van der Waals surface area contributed by atoms with Crippen molar-refractivity contribution in [3.05, 3.63) is 35.6 Å². The van der Waals surface area contributed by atoms with Crippen LogP contribution in [0.2, 0.25) is 0 Å². The molecule has 2 aliphatic heterocycles. The maximum absolute atomic E-state index is 13.8. The van der Waals surface area contributed by atoms with Crippen LogP contribution in [-0.2, 0) is 9.53 Å². The maximum Gasteiger partial charge on any atom is 0.227 e. The van der Waals surface area contributed by atoms with E-state index in [1.54, 1.807) is 18.2 Å². The normalized spacial score (nSPS) is 26.8. The largest absolute Gasteiger partial charge is 0.370 e. The highest BCUT2D eigenvalue weighted by atomic mass is 19.1. The number of carbonyl (C=O) groups is 1. The number of morpholine rings is 1. The van der Waals surface area contributed by atoms with Crippen LogP contribution in [0.3, 0.4) is 0 Å². The Kier molecular flexibility index (Phi) is 3.98.